The Morgan fingerprint density at radius 2 is 1.68 bits per heavy atom. The van der Waals surface area contributed by atoms with Gasteiger partial charge in [0.05, 0.1) is 19.3 Å². The van der Waals surface area contributed by atoms with Crippen LogP contribution in [-0.2, 0) is 9.47 Å². The number of nitrogens with zero attached hydrogens (tertiary/aromatic N) is 1. The van der Waals surface area contributed by atoms with Crippen molar-refractivity contribution in [3.63, 3.8) is 0 Å². The fourth-order valence-corrected chi connectivity index (χ4v) is 3.68. The Labute approximate surface area is 137 Å². The quantitative estimate of drug-likeness (QED) is 0.630. The number of likely N-dealkylation sites (tertiary alicyclic amines) is 1. The van der Waals surface area contributed by atoms with Crippen LogP contribution in [0.15, 0.2) is 0 Å². The van der Waals surface area contributed by atoms with Gasteiger partial charge >= 0.3 is 0 Å². The number of rotatable bonds is 8. The third-order valence-corrected chi connectivity index (χ3v) is 5.55. The first-order valence-electron chi connectivity index (χ1n) is 9.41. The normalized spacial score (nSPS) is 23.5. The maximum absolute atomic E-state index is 5.86. The van der Waals surface area contributed by atoms with E-state index in [1.54, 1.807) is 0 Å². The smallest absolute Gasteiger partial charge is 0.0830 e. The Morgan fingerprint density at radius 1 is 1.00 bits per heavy atom. The van der Waals surface area contributed by atoms with Gasteiger partial charge in [0, 0.05) is 25.2 Å². The second-order valence-electron chi connectivity index (χ2n) is 8.35. The summed E-state index contributed by atoms with van der Waals surface area (Å²) in [5.74, 6) is 1.78. The van der Waals surface area contributed by atoms with Crippen LogP contribution in [0.25, 0.3) is 0 Å². The monoisotopic (exact) mass is 311 g/mol. The van der Waals surface area contributed by atoms with Crippen molar-refractivity contribution in [1.29, 1.82) is 0 Å². The lowest BCUT2D eigenvalue weighted by atomic mass is 9.80. The number of hydrogen-bond acceptors (Lipinski definition) is 3. The molecule has 2 rings (SSSR count). The van der Waals surface area contributed by atoms with Gasteiger partial charge in [-0.05, 0) is 39.0 Å². The molecule has 0 aromatic heterocycles. The van der Waals surface area contributed by atoms with Gasteiger partial charge in [0.15, 0.2) is 0 Å². The average molecular weight is 312 g/mol. The maximum atomic E-state index is 5.86. The zero-order chi connectivity index (χ0) is 16.0. The van der Waals surface area contributed by atoms with Crippen LogP contribution in [0.5, 0.6) is 0 Å². The summed E-state index contributed by atoms with van der Waals surface area (Å²) in [5.41, 5.74) is 0.283. The zero-order valence-electron chi connectivity index (χ0n) is 15.3. The lowest BCUT2D eigenvalue weighted by Crippen LogP contribution is -2.59. The molecular weight excluding hydrogens is 274 g/mol. The minimum absolute atomic E-state index is 0.283. The molecule has 1 saturated heterocycles. The molecule has 3 nitrogen and oxygen atoms in total. The van der Waals surface area contributed by atoms with Crippen molar-refractivity contribution < 1.29 is 9.47 Å². The summed E-state index contributed by atoms with van der Waals surface area (Å²) in [7, 11) is 0. The summed E-state index contributed by atoms with van der Waals surface area (Å²) in [4.78, 5) is 2.46. The minimum Gasteiger partial charge on any atom is -0.379 e. The molecule has 1 heterocycles. The van der Waals surface area contributed by atoms with Crippen LogP contribution in [0, 0.1) is 11.8 Å². The predicted octanol–water partition coefficient (Wildman–Crippen LogP) is 4.11. The first-order valence-corrected chi connectivity index (χ1v) is 9.41. The van der Waals surface area contributed by atoms with Crippen molar-refractivity contribution in [3.8, 4) is 0 Å². The Bertz CT molecular complexity index is 301. The zero-order valence-corrected chi connectivity index (χ0v) is 15.3. The van der Waals surface area contributed by atoms with E-state index < -0.39 is 0 Å². The van der Waals surface area contributed by atoms with E-state index in [9.17, 15) is 0 Å². The van der Waals surface area contributed by atoms with E-state index in [2.05, 4.69) is 32.6 Å². The van der Waals surface area contributed by atoms with Crippen molar-refractivity contribution in [2.24, 2.45) is 11.8 Å². The highest BCUT2D eigenvalue weighted by atomic mass is 16.5. The summed E-state index contributed by atoms with van der Waals surface area (Å²) in [6.45, 7) is 13.7. The second-order valence-corrected chi connectivity index (χ2v) is 8.35. The van der Waals surface area contributed by atoms with Gasteiger partial charge in [-0.1, -0.05) is 39.0 Å². The van der Waals surface area contributed by atoms with E-state index in [0.29, 0.717) is 6.10 Å². The van der Waals surface area contributed by atoms with Crippen molar-refractivity contribution in [1.82, 2.24) is 4.90 Å². The molecule has 0 bridgehead atoms. The third-order valence-electron chi connectivity index (χ3n) is 5.55. The van der Waals surface area contributed by atoms with Gasteiger partial charge in [0.2, 0.25) is 0 Å². The van der Waals surface area contributed by atoms with E-state index >= 15 is 0 Å². The summed E-state index contributed by atoms with van der Waals surface area (Å²) < 4.78 is 11.6. The van der Waals surface area contributed by atoms with Crippen LogP contribution in [0.1, 0.15) is 66.2 Å². The van der Waals surface area contributed by atoms with Gasteiger partial charge in [-0.15, -0.1) is 0 Å². The Hall–Kier alpha value is -0.120. The molecule has 1 aliphatic heterocycles. The highest BCUT2D eigenvalue weighted by molar-refractivity contribution is 4.89. The standard InChI is InChI=1S/C19H37NO2/c1-16(17-8-6-5-7-9-17)10-11-21-12-13-22-18-14-20(15-18)19(2,3)4/h16-18H,5-15H2,1-4H3. The van der Waals surface area contributed by atoms with E-state index in [1.165, 1.54) is 38.5 Å². The summed E-state index contributed by atoms with van der Waals surface area (Å²) >= 11 is 0. The molecule has 0 N–H and O–H groups in total. The van der Waals surface area contributed by atoms with E-state index in [1.807, 2.05) is 0 Å². The highest BCUT2D eigenvalue weighted by Gasteiger charge is 2.34. The molecule has 0 spiro atoms. The van der Waals surface area contributed by atoms with Gasteiger partial charge in [-0.2, -0.15) is 0 Å². The number of ether oxygens (including phenoxy) is 2. The molecule has 1 aliphatic carbocycles. The molecule has 1 unspecified atom stereocenters. The maximum Gasteiger partial charge on any atom is 0.0830 e. The molecule has 0 aromatic rings. The SMILES string of the molecule is CC(CCOCCOC1CN(C(C)(C)C)C1)C1CCCCC1. The largest absolute Gasteiger partial charge is 0.379 e. The van der Waals surface area contributed by atoms with Crippen LogP contribution in [0.4, 0.5) is 0 Å². The van der Waals surface area contributed by atoms with E-state index in [0.717, 1.165) is 44.7 Å². The van der Waals surface area contributed by atoms with E-state index in [4.69, 9.17) is 9.47 Å². The summed E-state index contributed by atoms with van der Waals surface area (Å²) in [5, 5.41) is 0. The molecule has 3 heteroatoms. The van der Waals surface area contributed by atoms with Crippen LogP contribution in [0.2, 0.25) is 0 Å². The van der Waals surface area contributed by atoms with Crippen molar-refractivity contribution >= 4 is 0 Å². The van der Waals surface area contributed by atoms with Gasteiger partial charge in [-0.25, -0.2) is 0 Å². The minimum atomic E-state index is 0.283. The highest BCUT2D eigenvalue weighted by Crippen LogP contribution is 2.31. The van der Waals surface area contributed by atoms with Gasteiger partial charge in [-0.3, -0.25) is 4.90 Å². The Morgan fingerprint density at radius 3 is 2.32 bits per heavy atom. The Kier molecular flexibility index (Phi) is 7.17. The molecule has 130 valence electrons. The Balaban J connectivity index is 1.42. The van der Waals surface area contributed by atoms with Crippen LogP contribution in [0.3, 0.4) is 0 Å². The first kappa shape index (κ1) is 18.2. The number of hydrogen-bond donors (Lipinski definition) is 0. The van der Waals surface area contributed by atoms with Gasteiger partial charge in [0.25, 0.3) is 0 Å². The average Bonchev–Trinajstić information content (AvgIpc) is 2.43. The van der Waals surface area contributed by atoms with Crippen molar-refractivity contribution in [2.75, 3.05) is 32.9 Å². The molecule has 0 amide bonds. The fraction of sp³-hybridized carbons (Fsp3) is 1.00. The van der Waals surface area contributed by atoms with Gasteiger partial charge < -0.3 is 9.47 Å². The molecule has 2 fully saturated rings. The summed E-state index contributed by atoms with van der Waals surface area (Å²) in [6.07, 6.45) is 8.85. The van der Waals surface area contributed by atoms with Crippen LogP contribution in [-0.4, -0.2) is 49.5 Å². The molecule has 2 aliphatic rings. The molecule has 22 heavy (non-hydrogen) atoms. The predicted molar refractivity (Wildman–Crippen MR) is 92.2 cm³/mol. The fourth-order valence-electron chi connectivity index (χ4n) is 3.68. The van der Waals surface area contributed by atoms with Gasteiger partial charge in [0.1, 0.15) is 0 Å². The molecule has 1 atom stereocenters. The lowest BCUT2D eigenvalue weighted by Gasteiger charge is -2.47. The molecule has 1 saturated carbocycles. The molecule has 0 aromatic carbocycles. The lowest BCUT2D eigenvalue weighted by molar-refractivity contribution is -0.0995. The third kappa shape index (κ3) is 5.82. The van der Waals surface area contributed by atoms with Crippen LogP contribution >= 0.6 is 0 Å². The molecular formula is C19H37NO2. The summed E-state index contributed by atoms with van der Waals surface area (Å²) in [6, 6.07) is 0. The molecule has 0 radical (unpaired) electrons. The first-order chi connectivity index (χ1) is 10.5. The van der Waals surface area contributed by atoms with E-state index in [-0.39, 0.29) is 5.54 Å². The van der Waals surface area contributed by atoms with Crippen LogP contribution < -0.4 is 0 Å². The second kappa shape index (κ2) is 8.65. The van der Waals surface area contributed by atoms with Crippen molar-refractivity contribution in [3.05, 3.63) is 0 Å². The topological polar surface area (TPSA) is 21.7 Å². The van der Waals surface area contributed by atoms with Crippen molar-refractivity contribution in [2.45, 2.75) is 77.9 Å².